The Balaban J connectivity index is 1.61. The third kappa shape index (κ3) is 4.06. The van der Waals surface area contributed by atoms with Crippen molar-refractivity contribution in [1.82, 2.24) is 14.9 Å². The average molecular weight is 417 g/mol. The summed E-state index contributed by atoms with van der Waals surface area (Å²) >= 11 is 0. The van der Waals surface area contributed by atoms with Crippen LogP contribution in [0.1, 0.15) is 28.8 Å². The van der Waals surface area contributed by atoms with E-state index in [-0.39, 0.29) is 28.6 Å². The summed E-state index contributed by atoms with van der Waals surface area (Å²) in [6.07, 6.45) is -1.48. The lowest BCUT2D eigenvalue weighted by Crippen LogP contribution is -2.31. The third-order valence-electron chi connectivity index (χ3n) is 4.99. The molecule has 9 heteroatoms. The van der Waals surface area contributed by atoms with Crippen LogP contribution in [0.5, 0.6) is 0 Å². The van der Waals surface area contributed by atoms with Crippen molar-refractivity contribution in [1.29, 1.82) is 0 Å². The minimum absolute atomic E-state index is 0.00666. The van der Waals surface area contributed by atoms with E-state index in [0.717, 1.165) is 35.9 Å². The summed E-state index contributed by atoms with van der Waals surface area (Å²) in [7, 11) is 0. The van der Waals surface area contributed by atoms with E-state index in [0.29, 0.717) is 18.7 Å². The Hall–Kier alpha value is -3.20. The van der Waals surface area contributed by atoms with Crippen LogP contribution in [0.2, 0.25) is 0 Å². The molecular formula is C21H18F3N3O3. The average Bonchev–Trinajstić information content (AvgIpc) is 3.25. The normalized spacial score (nSPS) is 16.7. The standard InChI is InChI=1S/C21H18F3N3O3/c22-21(23,24)14-3-1-4-15(10-14)27-12-26-18-9-13(6-7-17(18)20(27)29)19(28)25-11-16-5-2-8-30-16/h1,3-4,6-7,9-10,12,16H,2,5,8,11H2,(H,25,28)/t16-/m1/s1. The van der Waals surface area contributed by atoms with Crippen molar-refractivity contribution < 1.29 is 22.7 Å². The minimum atomic E-state index is -4.52. The maximum absolute atomic E-state index is 13.0. The maximum Gasteiger partial charge on any atom is 0.416 e. The molecule has 6 nitrogen and oxygen atoms in total. The minimum Gasteiger partial charge on any atom is -0.376 e. The molecule has 2 heterocycles. The van der Waals surface area contributed by atoms with Gasteiger partial charge in [0, 0.05) is 18.7 Å². The van der Waals surface area contributed by atoms with Crippen molar-refractivity contribution in [2.75, 3.05) is 13.2 Å². The van der Waals surface area contributed by atoms with Crippen LogP contribution in [0, 0.1) is 0 Å². The zero-order chi connectivity index (χ0) is 21.3. The van der Waals surface area contributed by atoms with E-state index in [2.05, 4.69) is 10.3 Å². The lowest BCUT2D eigenvalue weighted by molar-refractivity contribution is -0.137. The molecule has 0 saturated carbocycles. The highest BCUT2D eigenvalue weighted by atomic mass is 19.4. The van der Waals surface area contributed by atoms with E-state index in [1.807, 2.05) is 0 Å². The summed E-state index contributed by atoms with van der Waals surface area (Å²) < 4.78 is 45.4. The van der Waals surface area contributed by atoms with E-state index < -0.39 is 17.3 Å². The van der Waals surface area contributed by atoms with Crippen LogP contribution in [-0.2, 0) is 10.9 Å². The topological polar surface area (TPSA) is 73.2 Å². The van der Waals surface area contributed by atoms with Crippen LogP contribution < -0.4 is 10.9 Å². The second kappa shape index (κ2) is 7.91. The number of fused-ring (bicyclic) bond motifs is 1. The second-order valence-corrected chi connectivity index (χ2v) is 7.04. The molecule has 0 spiro atoms. The molecule has 156 valence electrons. The van der Waals surface area contributed by atoms with Crippen molar-refractivity contribution in [3.8, 4) is 5.69 Å². The number of hydrogen-bond donors (Lipinski definition) is 1. The molecule has 4 rings (SSSR count). The number of nitrogens with one attached hydrogen (secondary N) is 1. The Morgan fingerprint density at radius 1 is 1.23 bits per heavy atom. The highest BCUT2D eigenvalue weighted by molar-refractivity contribution is 5.97. The molecule has 0 aliphatic carbocycles. The van der Waals surface area contributed by atoms with Crippen LogP contribution in [0.25, 0.3) is 16.6 Å². The lowest BCUT2D eigenvalue weighted by atomic mass is 10.1. The van der Waals surface area contributed by atoms with Gasteiger partial charge >= 0.3 is 6.18 Å². The van der Waals surface area contributed by atoms with Crippen LogP contribution in [-0.4, -0.2) is 34.7 Å². The van der Waals surface area contributed by atoms with E-state index in [9.17, 15) is 22.8 Å². The van der Waals surface area contributed by atoms with Crippen molar-refractivity contribution in [2.45, 2.75) is 25.1 Å². The zero-order valence-corrected chi connectivity index (χ0v) is 15.8. The van der Waals surface area contributed by atoms with Crippen LogP contribution in [0.15, 0.2) is 53.6 Å². The first-order chi connectivity index (χ1) is 14.3. The zero-order valence-electron chi connectivity index (χ0n) is 15.8. The van der Waals surface area contributed by atoms with Gasteiger partial charge in [-0.15, -0.1) is 0 Å². The number of carbonyl (C=O) groups is 1. The fourth-order valence-corrected chi connectivity index (χ4v) is 3.39. The number of nitrogens with zero attached hydrogens (tertiary/aromatic N) is 2. The number of alkyl halides is 3. The highest BCUT2D eigenvalue weighted by Crippen LogP contribution is 2.30. The smallest absolute Gasteiger partial charge is 0.376 e. The number of aromatic nitrogens is 2. The molecule has 1 saturated heterocycles. The van der Waals surface area contributed by atoms with Crippen LogP contribution >= 0.6 is 0 Å². The quantitative estimate of drug-likeness (QED) is 0.707. The number of carbonyl (C=O) groups excluding carboxylic acids is 1. The van der Waals surface area contributed by atoms with Gasteiger partial charge in [-0.25, -0.2) is 4.98 Å². The van der Waals surface area contributed by atoms with E-state index in [4.69, 9.17) is 4.74 Å². The van der Waals surface area contributed by atoms with Gasteiger partial charge < -0.3 is 10.1 Å². The number of amides is 1. The van der Waals surface area contributed by atoms with Gasteiger partial charge in [-0.2, -0.15) is 13.2 Å². The molecule has 1 aliphatic rings. The first-order valence-corrected chi connectivity index (χ1v) is 9.42. The number of halogens is 3. The van der Waals surface area contributed by atoms with Gasteiger partial charge in [-0.3, -0.25) is 14.2 Å². The molecule has 1 atom stereocenters. The fraction of sp³-hybridized carbons (Fsp3) is 0.286. The summed E-state index contributed by atoms with van der Waals surface area (Å²) in [5, 5.41) is 3.00. The van der Waals surface area contributed by atoms with Gasteiger partial charge in [-0.05, 0) is 49.2 Å². The summed E-state index contributed by atoms with van der Waals surface area (Å²) in [6.45, 7) is 1.10. The summed E-state index contributed by atoms with van der Waals surface area (Å²) in [5.74, 6) is -0.309. The first kappa shape index (κ1) is 20.1. The Morgan fingerprint density at radius 2 is 2.07 bits per heavy atom. The van der Waals surface area contributed by atoms with Crippen molar-refractivity contribution in [2.24, 2.45) is 0 Å². The largest absolute Gasteiger partial charge is 0.416 e. The summed E-state index contributed by atoms with van der Waals surface area (Å²) in [4.78, 5) is 29.3. The number of rotatable bonds is 4. The lowest BCUT2D eigenvalue weighted by Gasteiger charge is -2.12. The second-order valence-electron chi connectivity index (χ2n) is 7.04. The van der Waals surface area contributed by atoms with Gasteiger partial charge in [0.15, 0.2) is 0 Å². The molecule has 1 aromatic heterocycles. The molecule has 1 fully saturated rings. The Kier molecular flexibility index (Phi) is 5.29. The predicted molar refractivity (Wildman–Crippen MR) is 104 cm³/mol. The fourth-order valence-electron chi connectivity index (χ4n) is 3.39. The molecule has 30 heavy (non-hydrogen) atoms. The first-order valence-electron chi connectivity index (χ1n) is 9.42. The van der Waals surface area contributed by atoms with Gasteiger partial charge in [-0.1, -0.05) is 6.07 Å². The molecule has 0 bridgehead atoms. The summed E-state index contributed by atoms with van der Waals surface area (Å²) in [6, 6.07) is 8.89. The molecular weight excluding hydrogens is 399 g/mol. The van der Waals surface area contributed by atoms with Gasteiger partial charge in [0.25, 0.3) is 11.5 Å². The van der Waals surface area contributed by atoms with Gasteiger partial charge in [0.2, 0.25) is 0 Å². The van der Waals surface area contributed by atoms with Crippen molar-refractivity contribution in [3.05, 3.63) is 70.3 Å². The van der Waals surface area contributed by atoms with Crippen molar-refractivity contribution in [3.63, 3.8) is 0 Å². The van der Waals surface area contributed by atoms with E-state index >= 15 is 0 Å². The van der Waals surface area contributed by atoms with Gasteiger partial charge in [0.1, 0.15) is 6.33 Å². The van der Waals surface area contributed by atoms with Crippen LogP contribution in [0.3, 0.4) is 0 Å². The molecule has 0 radical (unpaired) electrons. The molecule has 0 unspecified atom stereocenters. The SMILES string of the molecule is O=C(NC[C@H]1CCCO1)c1ccc2c(=O)n(-c3cccc(C(F)(F)F)c3)cnc2c1. The third-order valence-corrected chi connectivity index (χ3v) is 4.99. The molecule has 1 N–H and O–H groups in total. The van der Waals surface area contributed by atoms with E-state index in [1.165, 1.54) is 30.3 Å². The number of benzene rings is 2. The summed E-state index contributed by atoms with van der Waals surface area (Å²) in [5.41, 5.74) is -0.698. The van der Waals surface area contributed by atoms with Gasteiger partial charge in [0.05, 0.1) is 28.3 Å². The Bertz CT molecular complexity index is 1150. The Morgan fingerprint density at radius 3 is 2.80 bits per heavy atom. The molecule has 1 amide bonds. The molecule has 1 aliphatic heterocycles. The molecule has 3 aromatic rings. The Labute approximate surface area is 169 Å². The number of hydrogen-bond acceptors (Lipinski definition) is 4. The van der Waals surface area contributed by atoms with Crippen LogP contribution in [0.4, 0.5) is 13.2 Å². The number of ether oxygens (including phenoxy) is 1. The maximum atomic E-state index is 13.0. The molecule has 2 aromatic carbocycles. The van der Waals surface area contributed by atoms with Crippen molar-refractivity contribution >= 4 is 16.8 Å². The monoisotopic (exact) mass is 417 g/mol. The highest BCUT2D eigenvalue weighted by Gasteiger charge is 2.30. The predicted octanol–water partition coefficient (Wildman–Crippen LogP) is 3.31. The van der Waals surface area contributed by atoms with E-state index in [1.54, 1.807) is 0 Å².